The van der Waals surface area contributed by atoms with Crippen LogP contribution in [0.15, 0.2) is 47.3 Å². The second-order valence-corrected chi connectivity index (χ2v) is 8.57. The summed E-state index contributed by atoms with van der Waals surface area (Å²) in [5.41, 5.74) is 2.42. The second-order valence-electron chi connectivity index (χ2n) is 8.57. The van der Waals surface area contributed by atoms with Gasteiger partial charge in [0, 0.05) is 37.0 Å². The number of anilines is 2. The molecule has 5 heteroatoms. The van der Waals surface area contributed by atoms with Crippen molar-refractivity contribution < 1.29 is 4.74 Å². The lowest BCUT2D eigenvalue weighted by Gasteiger charge is -2.29. The summed E-state index contributed by atoms with van der Waals surface area (Å²) < 4.78 is 5.44. The van der Waals surface area contributed by atoms with Crippen LogP contribution in [-0.4, -0.2) is 37.3 Å². The first kappa shape index (κ1) is 17.8. The van der Waals surface area contributed by atoms with Gasteiger partial charge in [0.25, 0.3) is 5.56 Å². The normalized spacial score (nSPS) is 29.2. The van der Waals surface area contributed by atoms with Crippen LogP contribution < -0.4 is 15.8 Å². The third-order valence-corrected chi connectivity index (χ3v) is 6.92. The van der Waals surface area contributed by atoms with Gasteiger partial charge in [-0.2, -0.15) is 0 Å². The van der Waals surface area contributed by atoms with E-state index in [9.17, 15) is 4.79 Å². The van der Waals surface area contributed by atoms with E-state index in [2.05, 4.69) is 51.6 Å². The summed E-state index contributed by atoms with van der Waals surface area (Å²) >= 11 is 0. The second kappa shape index (κ2) is 7.63. The average molecular weight is 380 g/mol. The Morgan fingerprint density at radius 2 is 1.93 bits per heavy atom. The number of ether oxygens (including phenoxy) is 1. The maximum atomic E-state index is 12.3. The lowest BCUT2D eigenvalue weighted by molar-refractivity contribution is 0.122. The zero-order valence-corrected chi connectivity index (χ0v) is 16.3. The van der Waals surface area contributed by atoms with Crippen LogP contribution in [0.5, 0.6) is 0 Å². The van der Waals surface area contributed by atoms with Crippen molar-refractivity contribution in [3.8, 4) is 0 Å². The quantitative estimate of drug-likeness (QED) is 0.837. The van der Waals surface area contributed by atoms with Gasteiger partial charge in [0.1, 0.15) is 5.82 Å². The van der Waals surface area contributed by atoms with Gasteiger partial charge in [-0.1, -0.05) is 30.3 Å². The number of hydrogen-bond acceptors (Lipinski definition) is 4. The van der Waals surface area contributed by atoms with Crippen molar-refractivity contribution >= 4 is 11.5 Å². The number of aromatic nitrogens is 1. The van der Waals surface area contributed by atoms with Crippen molar-refractivity contribution in [3.63, 3.8) is 0 Å². The standard InChI is InChI=1S/C23H29N3O2/c27-22-15-19(26-8-10-28-11-9-26)14-21(24-22)25-23-17-6-7-20(23)18(13-17)12-16-4-2-1-3-5-16/h1-5,14-15,17-18,20,23H,6-13H2,(H2,24,25,27)/t17-,18-,20-,23?/m0/s1. The summed E-state index contributed by atoms with van der Waals surface area (Å²) in [7, 11) is 0. The molecule has 2 saturated carbocycles. The Labute approximate surface area is 166 Å². The van der Waals surface area contributed by atoms with E-state index in [1.165, 1.54) is 31.2 Å². The number of pyridine rings is 1. The summed E-state index contributed by atoms with van der Waals surface area (Å²) in [6, 6.07) is 15.2. The molecule has 3 fully saturated rings. The maximum Gasteiger partial charge on any atom is 0.251 e. The molecule has 2 bridgehead atoms. The molecule has 3 aliphatic rings. The Hall–Kier alpha value is -2.27. The lowest BCUT2D eigenvalue weighted by Crippen LogP contribution is -2.37. The minimum Gasteiger partial charge on any atom is -0.378 e. The van der Waals surface area contributed by atoms with Gasteiger partial charge in [0.2, 0.25) is 0 Å². The van der Waals surface area contributed by atoms with Gasteiger partial charge in [-0.3, -0.25) is 4.79 Å². The van der Waals surface area contributed by atoms with Crippen LogP contribution in [0.25, 0.3) is 0 Å². The van der Waals surface area contributed by atoms with E-state index in [1.54, 1.807) is 6.07 Å². The summed E-state index contributed by atoms with van der Waals surface area (Å²) in [5, 5.41) is 3.73. The number of nitrogens with one attached hydrogen (secondary N) is 2. The van der Waals surface area contributed by atoms with E-state index in [0.717, 1.165) is 43.7 Å². The zero-order valence-electron chi connectivity index (χ0n) is 16.3. The largest absolute Gasteiger partial charge is 0.378 e. The van der Waals surface area contributed by atoms with Crippen LogP contribution in [-0.2, 0) is 11.2 Å². The van der Waals surface area contributed by atoms with Crippen LogP contribution in [0, 0.1) is 17.8 Å². The average Bonchev–Trinajstić information content (AvgIpc) is 3.25. The molecule has 2 aliphatic carbocycles. The SMILES string of the molecule is O=c1cc(N2CCOCC2)cc(NC2[C@H]3CC[C@H]2[C@@H](Cc2ccccc2)C3)[nH]1. The number of nitrogens with zero attached hydrogens (tertiary/aromatic N) is 1. The number of rotatable bonds is 5. The minimum absolute atomic E-state index is 0.0299. The van der Waals surface area contributed by atoms with Crippen LogP contribution in [0.4, 0.5) is 11.5 Å². The molecule has 1 aromatic carbocycles. The molecule has 2 aromatic rings. The predicted molar refractivity (Wildman–Crippen MR) is 112 cm³/mol. The monoisotopic (exact) mass is 379 g/mol. The fourth-order valence-electron chi connectivity index (χ4n) is 5.64. The molecule has 28 heavy (non-hydrogen) atoms. The van der Waals surface area contributed by atoms with Crippen LogP contribution >= 0.6 is 0 Å². The molecular formula is C23H29N3O2. The van der Waals surface area contributed by atoms with Crippen molar-refractivity contribution in [2.24, 2.45) is 17.8 Å². The highest BCUT2D eigenvalue weighted by molar-refractivity contribution is 5.54. The zero-order chi connectivity index (χ0) is 18.9. The van der Waals surface area contributed by atoms with E-state index >= 15 is 0 Å². The first-order valence-corrected chi connectivity index (χ1v) is 10.6. The van der Waals surface area contributed by atoms with Gasteiger partial charge in [0.05, 0.1) is 13.2 Å². The summed E-state index contributed by atoms with van der Waals surface area (Å²) in [5.74, 6) is 3.03. The maximum absolute atomic E-state index is 12.3. The smallest absolute Gasteiger partial charge is 0.251 e. The Morgan fingerprint density at radius 1 is 1.11 bits per heavy atom. The molecule has 1 aromatic heterocycles. The Morgan fingerprint density at radius 3 is 2.75 bits per heavy atom. The number of hydrogen-bond donors (Lipinski definition) is 2. The number of aromatic amines is 1. The third kappa shape index (κ3) is 3.55. The molecule has 2 heterocycles. The Balaban J connectivity index is 1.31. The molecule has 148 valence electrons. The molecule has 5 nitrogen and oxygen atoms in total. The molecule has 1 unspecified atom stereocenters. The summed E-state index contributed by atoms with van der Waals surface area (Å²) in [6.45, 7) is 3.14. The third-order valence-electron chi connectivity index (χ3n) is 6.92. The molecular weight excluding hydrogens is 350 g/mol. The van der Waals surface area contributed by atoms with Crippen LogP contribution in [0.1, 0.15) is 24.8 Å². The van der Waals surface area contributed by atoms with Crippen molar-refractivity contribution in [1.29, 1.82) is 0 Å². The first-order valence-electron chi connectivity index (χ1n) is 10.6. The molecule has 4 atom stereocenters. The van der Waals surface area contributed by atoms with Crippen molar-refractivity contribution in [2.45, 2.75) is 31.7 Å². The van der Waals surface area contributed by atoms with Gasteiger partial charge in [0.15, 0.2) is 0 Å². The van der Waals surface area contributed by atoms with Crippen molar-refractivity contribution in [3.05, 3.63) is 58.4 Å². The summed E-state index contributed by atoms with van der Waals surface area (Å²) in [6.07, 6.45) is 5.07. The van der Waals surface area contributed by atoms with Gasteiger partial charge in [-0.05, 0) is 49.0 Å². The van der Waals surface area contributed by atoms with Crippen LogP contribution in [0.2, 0.25) is 0 Å². The Kier molecular flexibility index (Phi) is 4.85. The van der Waals surface area contributed by atoms with E-state index in [1.807, 2.05) is 0 Å². The van der Waals surface area contributed by atoms with Gasteiger partial charge in [-0.15, -0.1) is 0 Å². The van der Waals surface area contributed by atoms with Crippen molar-refractivity contribution in [2.75, 3.05) is 36.5 Å². The summed E-state index contributed by atoms with van der Waals surface area (Å²) in [4.78, 5) is 17.5. The molecule has 0 radical (unpaired) electrons. The number of morpholine rings is 1. The highest BCUT2D eigenvalue weighted by Crippen LogP contribution is 2.50. The van der Waals surface area contributed by atoms with Gasteiger partial charge < -0.3 is 19.9 Å². The van der Waals surface area contributed by atoms with Gasteiger partial charge in [-0.25, -0.2) is 0 Å². The van der Waals surface area contributed by atoms with E-state index in [-0.39, 0.29) is 5.56 Å². The topological polar surface area (TPSA) is 57.4 Å². The fraction of sp³-hybridized carbons (Fsp3) is 0.522. The number of H-pyrrole nitrogens is 1. The van der Waals surface area contributed by atoms with Crippen LogP contribution in [0.3, 0.4) is 0 Å². The van der Waals surface area contributed by atoms with Crippen molar-refractivity contribution in [1.82, 2.24) is 4.98 Å². The van der Waals surface area contributed by atoms with E-state index in [4.69, 9.17) is 4.74 Å². The molecule has 5 rings (SSSR count). The molecule has 1 saturated heterocycles. The highest BCUT2D eigenvalue weighted by Gasteiger charge is 2.47. The first-order chi connectivity index (χ1) is 13.8. The minimum atomic E-state index is -0.0299. The number of fused-ring (bicyclic) bond motifs is 2. The van der Waals surface area contributed by atoms with Gasteiger partial charge >= 0.3 is 0 Å². The van der Waals surface area contributed by atoms with E-state index in [0.29, 0.717) is 17.9 Å². The molecule has 0 amide bonds. The molecule has 1 aliphatic heterocycles. The Bertz CT molecular complexity index is 860. The lowest BCUT2D eigenvalue weighted by atomic mass is 9.84. The fourth-order valence-corrected chi connectivity index (χ4v) is 5.64. The van der Waals surface area contributed by atoms with E-state index < -0.39 is 0 Å². The number of benzene rings is 1. The highest BCUT2D eigenvalue weighted by atomic mass is 16.5. The molecule has 2 N–H and O–H groups in total. The molecule has 0 spiro atoms. The predicted octanol–water partition coefficient (Wildman–Crippen LogP) is 3.28.